The highest BCUT2D eigenvalue weighted by Crippen LogP contribution is 2.12. The molecule has 0 aromatic rings. The lowest BCUT2D eigenvalue weighted by molar-refractivity contribution is 0.178. The number of nitrogens with one attached hydrogen (secondary N) is 1. The van der Waals surface area contributed by atoms with E-state index in [2.05, 4.69) is 34.1 Å². The number of rotatable bonds is 4. The third kappa shape index (κ3) is 3.42. The van der Waals surface area contributed by atoms with Crippen LogP contribution >= 0.6 is 0 Å². The minimum atomic E-state index is 0.785. The number of likely N-dealkylation sites (tertiary alicyclic amines) is 1. The zero-order valence-electron chi connectivity index (χ0n) is 10.8. The summed E-state index contributed by atoms with van der Waals surface area (Å²) in [6.07, 6.45) is 1.34. The van der Waals surface area contributed by atoms with E-state index in [0.29, 0.717) is 0 Å². The molecule has 2 saturated heterocycles. The smallest absolute Gasteiger partial charge is 0.0232 e. The van der Waals surface area contributed by atoms with Crippen LogP contribution in [0.25, 0.3) is 0 Å². The van der Waals surface area contributed by atoms with Crippen molar-refractivity contribution < 1.29 is 0 Å². The lowest BCUT2D eigenvalue weighted by atomic mass is 10.2. The normalized spacial score (nSPS) is 29.1. The number of piperazine rings is 1. The Hall–Kier alpha value is -0.160. The molecule has 0 aliphatic carbocycles. The molecule has 1 atom stereocenters. The van der Waals surface area contributed by atoms with Crippen molar-refractivity contribution in [1.29, 1.82) is 0 Å². The molecule has 1 unspecified atom stereocenters. The highest BCUT2D eigenvalue weighted by atomic mass is 15.3. The van der Waals surface area contributed by atoms with E-state index in [1.54, 1.807) is 0 Å². The average molecular weight is 226 g/mol. The highest BCUT2D eigenvalue weighted by molar-refractivity contribution is 4.80. The molecule has 0 radical (unpaired) electrons. The average Bonchev–Trinajstić information content (AvgIpc) is 2.74. The molecule has 0 saturated carbocycles. The lowest BCUT2D eigenvalue weighted by Gasteiger charge is -2.31. The van der Waals surface area contributed by atoms with Gasteiger partial charge in [-0.1, -0.05) is 0 Å². The van der Waals surface area contributed by atoms with E-state index in [1.807, 2.05) is 0 Å². The quantitative estimate of drug-likeness (QED) is 0.699. The molecule has 4 nitrogen and oxygen atoms in total. The summed E-state index contributed by atoms with van der Waals surface area (Å²) in [6, 6.07) is 0.785. The van der Waals surface area contributed by atoms with E-state index in [1.165, 1.54) is 45.7 Å². The number of hydrogen-bond donors (Lipinski definition) is 1. The zero-order chi connectivity index (χ0) is 11.4. The maximum Gasteiger partial charge on any atom is 0.0232 e. The SMILES string of the molecule is CN1CCC(N(C)CCN2CCNCC2)C1. The second kappa shape index (κ2) is 5.96. The second-order valence-corrected chi connectivity index (χ2v) is 5.28. The molecule has 0 amide bonds. The van der Waals surface area contributed by atoms with Gasteiger partial charge in [0.1, 0.15) is 0 Å². The summed E-state index contributed by atoms with van der Waals surface area (Å²) in [6.45, 7) is 9.74. The number of likely N-dealkylation sites (N-methyl/N-ethyl adjacent to an activating group) is 2. The molecule has 2 fully saturated rings. The van der Waals surface area contributed by atoms with Crippen molar-refractivity contribution in [1.82, 2.24) is 20.0 Å². The van der Waals surface area contributed by atoms with Gasteiger partial charge in [0.15, 0.2) is 0 Å². The maximum absolute atomic E-state index is 3.40. The largest absolute Gasteiger partial charge is 0.314 e. The van der Waals surface area contributed by atoms with Crippen LogP contribution in [-0.4, -0.2) is 87.2 Å². The fraction of sp³-hybridized carbons (Fsp3) is 1.00. The van der Waals surface area contributed by atoms with Gasteiger partial charge in [0.2, 0.25) is 0 Å². The molecule has 0 bridgehead atoms. The minimum Gasteiger partial charge on any atom is -0.314 e. The lowest BCUT2D eigenvalue weighted by Crippen LogP contribution is -2.47. The summed E-state index contributed by atoms with van der Waals surface area (Å²) in [4.78, 5) is 7.56. The number of hydrogen-bond acceptors (Lipinski definition) is 4. The maximum atomic E-state index is 3.40. The van der Waals surface area contributed by atoms with Crippen LogP contribution in [0.1, 0.15) is 6.42 Å². The van der Waals surface area contributed by atoms with Crippen molar-refractivity contribution in [3.63, 3.8) is 0 Å². The van der Waals surface area contributed by atoms with E-state index >= 15 is 0 Å². The molecule has 0 aromatic heterocycles. The van der Waals surface area contributed by atoms with Crippen LogP contribution in [0.4, 0.5) is 0 Å². The monoisotopic (exact) mass is 226 g/mol. The van der Waals surface area contributed by atoms with Crippen molar-refractivity contribution in [2.24, 2.45) is 0 Å². The van der Waals surface area contributed by atoms with Crippen LogP contribution in [0.2, 0.25) is 0 Å². The third-order valence-corrected chi connectivity index (χ3v) is 3.97. The Morgan fingerprint density at radius 3 is 2.62 bits per heavy atom. The Bertz CT molecular complexity index is 203. The summed E-state index contributed by atoms with van der Waals surface area (Å²) in [5.41, 5.74) is 0. The van der Waals surface area contributed by atoms with E-state index < -0.39 is 0 Å². The summed E-state index contributed by atoms with van der Waals surface area (Å²) in [7, 11) is 4.51. The van der Waals surface area contributed by atoms with Gasteiger partial charge in [0, 0.05) is 51.9 Å². The van der Waals surface area contributed by atoms with Crippen LogP contribution in [0, 0.1) is 0 Å². The second-order valence-electron chi connectivity index (χ2n) is 5.28. The molecular formula is C12H26N4. The van der Waals surface area contributed by atoms with Gasteiger partial charge in [-0.3, -0.25) is 4.90 Å². The van der Waals surface area contributed by atoms with Gasteiger partial charge in [-0.15, -0.1) is 0 Å². The topological polar surface area (TPSA) is 21.8 Å². The predicted molar refractivity (Wildman–Crippen MR) is 67.8 cm³/mol. The van der Waals surface area contributed by atoms with E-state index in [9.17, 15) is 0 Å². The molecule has 2 aliphatic rings. The number of nitrogens with zero attached hydrogens (tertiary/aromatic N) is 3. The van der Waals surface area contributed by atoms with Crippen LogP contribution in [0.15, 0.2) is 0 Å². The van der Waals surface area contributed by atoms with Crippen LogP contribution in [0.3, 0.4) is 0 Å². The summed E-state index contributed by atoms with van der Waals surface area (Å²) >= 11 is 0. The van der Waals surface area contributed by atoms with E-state index in [4.69, 9.17) is 0 Å². The fourth-order valence-electron chi connectivity index (χ4n) is 2.69. The van der Waals surface area contributed by atoms with Crippen molar-refractivity contribution in [2.45, 2.75) is 12.5 Å². The van der Waals surface area contributed by atoms with Crippen LogP contribution in [0.5, 0.6) is 0 Å². The molecule has 16 heavy (non-hydrogen) atoms. The van der Waals surface area contributed by atoms with Crippen LogP contribution in [-0.2, 0) is 0 Å². The Morgan fingerprint density at radius 1 is 1.25 bits per heavy atom. The van der Waals surface area contributed by atoms with Gasteiger partial charge in [-0.05, 0) is 27.1 Å². The minimum absolute atomic E-state index is 0.785. The molecule has 94 valence electrons. The van der Waals surface area contributed by atoms with Crippen molar-refractivity contribution >= 4 is 0 Å². The van der Waals surface area contributed by atoms with Crippen LogP contribution < -0.4 is 5.32 Å². The molecule has 0 spiro atoms. The third-order valence-electron chi connectivity index (χ3n) is 3.97. The first kappa shape index (κ1) is 12.3. The Labute approximate surface area is 99.6 Å². The van der Waals surface area contributed by atoms with Crippen molar-refractivity contribution in [3.05, 3.63) is 0 Å². The predicted octanol–water partition coefficient (Wildman–Crippen LogP) is -0.472. The molecule has 2 aliphatic heterocycles. The van der Waals surface area contributed by atoms with E-state index in [0.717, 1.165) is 19.1 Å². The summed E-state index contributed by atoms with van der Waals surface area (Å²) in [5, 5.41) is 3.40. The Morgan fingerprint density at radius 2 is 2.00 bits per heavy atom. The summed E-state index contributed by atoms with van der Waals surface area (Å²) in [5.74, 6) is 0. The molecular weight excluding hydrogens is 200 g/mol. The highest BCUT2D eigenvalue weighted by Gasteiger charge is 2.23. The molecule has 2 rings (SSSR count). The van der Waals surface area contributed by atoms with Gasteiger partial charge in [-0.25, -0.2) is 0 Å². The molecule has 4 heteroatoms. The van der Waals surface area contributed by atoms with Crippen molar-refractivity contribution in [3.8, 4) is 0 Å². The van der Waals surface area contributed by atoms with Crippen molar-refractivity contribution in [2.75, 3.05) is 66.5 Å². The molecule has 1 N–H and O–H groups in total. The van der Waals surface area contributed by atoms with Gasteiger partial charge in [-0.2, -0.15) is 0 Å². The van der Waals surface area contributed by atoms with E-state index in [-0.39, 0.29) is 0 Å². The standard InChI is InChI=1S/C12H26N4/c1-14-6-3-12(11-14)15(2)9-10-16-7-4-13-5-8-16/h12-13H,3-11H2,1-2H3. The fourth-order valence-corrected chi connectivity index (χ4v) is 2.69. The molecule has 0 aromatic carbocycles. The van der Waals surface area contributed by atoms with Gasteiger partial charge in [0.05, 0.1) is 0 Å². The summed E-state index contributed by atoms with van der Waals surface area (Å²) < 4.78 is 0. The first-order valence-electron chi connectivity index (χ1n) is 6.57. The molecule has 2 heterocycles. The zero-order valence-corrected chi connectivity index (χ0v) is 10.8. The first-order chi connectivity index (χ1) is 7.75. The van der Waals surface area contributed by atoms with Gasteiger partial charge < -0.3 is 15.1 Å². The van der Waals surface area contributed by atoms with Gasteiger partial charge in [0.25, 0.3) is 0 Å². The Kier molecular flexibility index (Phi) is 4.58. The first-order valence-corrected chi connectivity index (χ1v) is 6.57. The Balaban J connectivity index is 1.64. The van der Waals surface area contributed by atoms with Gasteiger partial charge >= 0.3 is 0 Å².